The maximum Gasteiger partial charge on any atom is 0.261 e. The lowest BCUT2D eigenvalue weighted by Gasteiger charge is -2.31. The molecule has 0 bridgehead atoms. The first kappa shape index (κ1) is 32.5. The van der Waals surface area contributed by atoms with Crippen molar-refractivity contribution in [2.24, 2.45) is 0 Å². The number of hydrogen-bond acceptors (Lipinski definition) is 6. The van der Waals surface area contributed by atoms with Crippen molar-refractivity contribution in [1.29, 1.82) is 0 Å². The molecule has 1 aliphatic rings. The minimum Gasteiger partial charge on any atom is -0.484 e. The van der Waals surface area contributed by atoms with Crippen LogP contribution in [0.25, 0.3) is 0 Å². The molecule has 0 radical (unpaired) electrons. The number of rotatable bonds is 14. The molecule has 2 amide bonds. The summed E-state index contributed by atoms with van der Waals surface area (Å²) in [6.07, 6.45) is 2.86. The summed E-state index contributed by atoms with van der Waals surface area (Å²) in [4.78, 5) is 29.0. The Morgan fingerprint density at radius 3 is 2.30 bits per heavy atom. The van der Waals surface area contributed by atoms with Crippen LogP contribution in [0.15, 0.2) is 83.8 Å². The zero-order valence-electron chi connectivity index (χ0n) is 24.3. The van der Waals surface area contributed by atoms with Crippen LogP contribution in [0.5, 0.6) is 5.75 Å². The Labute approximate surface area is 258 Å². The molecule has 1 heterocycles. The topological polar surface area (TPSA) is 105 Å². The van der Waals surface area contributed by atoms with Crippen molar-refractivity contribution in [3.8, 4) is 5.75 Å². The smallest absolute Gasteiger partial charge is 0.261 e. The lowest BCUT2D eigenvalue weighted by atomic mass is 10.0. The number of sulfonamides is 1. The van der Waals surface area contributed by atoms with E-state index in [2.05, 4.69) is 12.2 Å². The number of carbonyl (C=O) groups excluding carboxylic acids is 2. The van der Waals surface area contributed by atoms with Gasteiger partial charge in [0.05, 0.1) is 18.1 Å². The van der Waals surface area contributed by atoms with Gasteiger partial charge in [-0.2, -0.15) is 4.31 Å². The van der Waals surface area contributed by atoms with Gasteiger partial charge in [0.15, 0.2) is 6.61 Å². The molecule has 3 aromatic rings. The van der Waals surface area contributed by atoms with E-state index in [9.17, 15) is 18.0 Å². The summed E-state index contributed by atoms with van der Waals surface area (Å²) in [5.41, 5.74) is 1.48. The van der Waals surface area contributed by atoms with Gasteiger partial charge in [0, 0.05) is 31.2 Å². The Morgan fingerprint density at radius 2 is 1.65 bits per heavy atom. The van der Waals surface area contributed by atoms with Crippen LogP contribution in [-0.2, 0) is 30.9 Å². The second kappa shape index (κ2) is 15.9. The highest BCUT2D eigenvalue weighted by molar-refractivity contribution is 7.89. The van der Waals surface area contributed by atoms with E-state index in [1.165, 1.54) is 33.5 Å². The molecule has 1 fully saturated rings. The number of halogens is 1. The van der Waals surface area contributed by atoms with Gasteiger partial charge >= 0.3 is 0 Å². The van der Waals surface area contributed by atoms with Crippen LogP contribution in [0.1, 0.15) is 43.4 Å². The molecule has 11 heteroatoms. The summed E-state index contributed by atoms with van der Waals surface area (Å²) in [5, 5.41) is 3.57. The third-order valence-corrected chi connectivity index (χ3v) is 9.30. The molecular weight excluding hydrogens is 590 g/mol. The normalized spacial score (nSPS) is 14.6. The third-order valence-electron chi connectivity index (χ3n) is 7.14. The molecule has 0 spiro atoms. The second-order valence-corrected chi connectivity index (χ2v) is 12.6. The zero-order valence-corrected chi connectivity index (χ0v) is 25.9. The van der Waals surface area contributed by atoms with Gasteiger partial charge in [-0.1, -0.05) is 73.8 Å². The van der Waals surface area contributed by atoms with Crippen molar-refractivity contribution in [1.82, 2.24) is 14.5 Å². The lowest BCUT2D eigenvalue weighted by Crippen LogP contribution is -2.45. The Hall–Kier alpha value is -3.44. The van der Waals surface area contributed by atoms with E-state index in [0.29, 0.717) is 49.2 Å². The summed E-state index contributed by atoms with van der Waals surface area (Å²) in [7, 11) is -3.66. The lowest BCUT2D eigenvalue weighted by molar-refractivity contribution is -0.143. The number of amides is 2. The molecule has 0 unspecified atom stereocenters. The minimum atomic E-state index is -3.66. The zero-order chi connectivity index (χ0) is 30.7. The van der Waals surface area contributed by atoms with Crippen molar-refractivity contribution in [3.63, 3.8) is 0 Å². The van der Waals surface area contributed by atoms with E-state index in [1.807, 2.05) is 42.5 Å². The van der Waals surface area contributed by atoms with Crippen LogP contribution < -0.4 is 10.1 Å². The average molecular weight is 628 g/mol. The highest BCUT2D eigenvalue weighted by Crippen LogP contribution is 2.26. The molecule has 1 saturated heterocycles. The van der Waals surface area contributed by atoms with Gasteiger partial charge in [-0.15, -0.1) is 0 Å². The SMILES string of the molecule is CCCCCNC(=O)[C@H](c1ccccc1)N(Cc1ccc(Cl)cc1)C(=O)COc1ccc(S(=O)(=O)N2CCOCC2)cc1. The van der Waals surface area contributed by atoms with E-state index in [0.717, 1.165) is 24.8 Å². The van der Waals surface area contributed by atoms with E-state index < -0.39 is 22.0 Å². The van der Waals surface area contributed by atoms with Crippen molar-refractivity contribution < 1.29 is 27.5 Å². The van der Waals surface area contributed by atoms with E-state index in [-0.39, 0.29) is 24.0 Å². The summed E-state index contributed by atoms with van der Waals surface area (Å²) >= 11 is 6.09. The Bertz CT molecular complexity index is 1430. The van der Waals surface area contributed by atoms with Gasteiger partial charge in [0.1, 0.15) is 11.8 Å². The Kier molecular flexibility index (Phi) is 12.0. The molecule has 1 N–H and O–H groups in total. The van der Waals surface area contributed by atoms with Crippen molar-refractivity contribution in [2.75, 3.05) is 39.5 Å². The van der Waals surface area contributed by atoms with E-state index >= 15 is 0 Å². The fourth-order valence-corrected chi connectivity index (χ4v) is 6.31. The maximum atomic E-state index is 13.8. The number of unbranched alkanes of at least 4 members (excludes halogenated alkanes) is 2. The molecule has 4 rings (SSSR count). The summed E-state index contributed by atoms with van der Waals surface area (Å²) in [5.74, 6) is -0.346. The van der Waals surface area contributed by atoms with Crippen molar-refractivity contribution >= 4 is 33.4 Å². The molecular formula is C32H38ClN3O6S. The monoisotopic (exact) mass is 627 g/mol. The summed E-state index contributed by atoms with van der Waals surface area (Å²) < 4.78 is 38.4. The van der Waals surface area contributed by atoms with Gasteiger partial charge in [0.2, 0.25) is 15.9 Å². The van der Waals surface area contributed by atoms with Gasteiger partial charge in [0.25, 0.3) is 5.91 Å². The van der Waals surface area contributed by atoms with Crippen LogP contribution in [0.4, 0.5) is 0 Å². The number of nitrogens with zero attached hydrogens (tertiary/aromatic N) is 2. The van der Waals surface area contributed by atoms with Crippen molar-refractivity contribution in [3.05, 3.63) is 95.0 Å². The molecule has 0 aliphatic carbocycles. The quantitative estimate of drug-likeness (QED) is 0.257. The van der Waals surface area contributed by atoms with E-state index in [1.54, 1.807) is 12.1 Å². The summed E-state index contributed by atoms with van der Waals surface area (Å²) in [6, 6.07) is 21.4. The second-order valence-electron chi connectivity index (χ2n) is 10.2. The van der Waals surface area contributed by atoms with E-state index in [4.69, 9.17) is 21.1 Å². The Balaban J connectivity index is 1.54. The first-order chi connectivity index (χ1) is 20.8. The van der Waals surface area contributed by atoms with Crippen LogP contribution in [0.2, 0.25) is 5.02 Å². The van der Waals surface area contributed by atoms with Gasteiger partial charge in [-0.3, -0.25) is 9.59 Å². The van der Waals surface area contributed by atoms with Gasteiger partial charge < -0.3 is 19.7 Å². The molecule has 0 saturated carbocycles. The number of hydrogen-bond donors (Lipinski definition) is 1. The fourth-order valence-electron chi connectivity index (χ4n) is 4.77. The standard InChI is InChI=1S/C32H38ClN3O6S/c1-2-3-7-18-34-32(38)31(26-8-5-4-6-9-26)36(23-25-10-12-27(33)13-11-25)30(37)24-42-28-14-16-29(17-15-28)43(39,40)35-19-21-41-22-20-35/h4-6,8-17,31H,2-3,7,18-24H2,1H3,(H,34,38)/t31-/m0/s1. The molecule has 9 nitrogen and oxygen atoms in total. The predicted molar refractivity (Wildman–Crippen MR) is 165 cm³/mol. The van der Waals surface area contributed by atoms with Crippen LogP contribution in [0, 0.1) is 0 Å². The molecule has 230 valence electrons. The molecule has 43 heavy (non-hydrogen) atoms. The average Bonchev–Trinajstić information content (AvgIpc) is 3.03. The molecule has 0 aromatic heterocycles. The number of nitrogens with one attached hydrogen (secondary N) is 1. The van der Waals surface area contributed by atoms with Gasteiger partial charge in [-0.05, 0) is 53.9 Å². The number of carbonyl (C=O) groups is 2. The number of morpholine rings is 1. The molecule has 3 aromatic carbocycles. The summed E-state index contributed by atoms with van der Waals surface area (Å²) in [6.45, 7) is 3.72. The van der Waals surface area contributed by atoms with Gasteiger partial charge in [-0.25, -0.2) is 8.42 Å². The Morgan fingerprint density at radius 1 is 0.977 bits per heavy atom. The minimum absolute atomic E-state index is 0.140. The first-order valence-corrected chi connectivity index (χ1v) is 16.3. The van der Waals surface area contributed by atoms with Crippen LogP contribution in [0.3, 0.4) is 0 Å². The first-order valence-electron chi connectivity index (χ1n) is 14.5. The highest BCUT2D eigenvalue weighted by atomic mass is 35.5. The highest BCUT2D eigenvalue weighted by Gasteiger charge is 2.32. The number of benzene rings is 3. The predicted octanol–water partition coefficient (Wildman–Crippen LogP) is 4.82. The maximum absolute atomic E-state index is 13.8. The van der Waals surface area contributed by atoms with Crippen LogP contribution in [-0.4, -0.2) is 68.9 Å². The largest absolute Gasteiger partial charge is 0.484 e. The van der Waals surface area contributed by atoms with Crippen LogP contribution >= 0.6 is 11.6 Å². The molecule has 1 aliphatic heterocycles. The number of ether oxygens (including phenoxy) is 2. The molecule has 1 atom stereocenters. The van der Waals surface area contributed by atoms with Crippen molar-refractivity contribution in [2.45, 2.75) is 43.7 Å². The third kappa shape index (κ3) is 9.03. The fraction of sp³-hybridized carbons (Fsp3) is 0.375.